The summed E-state index contributed by atoms with van der Waals surface area (Å²) < 4.78 is 40.2. The van der Waals surface area contributed by atoms with E-state index in [1.165, 1.54) is 16.4 Å². The summed E-state index contributed by atoms with van der Waals surface area (Å²) in [6.45, 7) is 0.797. The lowest BCUT2D eigenvalue weighted by atomic mass is 10.1. The predicted molar refractivity (Wildman–Crippen MR) is 94.3 cm³/mol. The zero-order chi connectivity index (χ0) is 18.1. The van der Waals surface area contributed by atoms with E-state index in [2.05, 4.69) is 10.2 Å². The number of benzene rings is 2. The largest absolute Gasteiger partial charge is 0.243 e. The second-order valence-corrected chi connectivity index (χ2v) is 8.12. The SMILES string of the molecule is O=S(=O)(c1ccc(-c2ccc(F)cc2)cc1)N1CCC(n2nccn2)C1. The highest BCUT2D eigenvalue weighted by Crippen LogP contribution is 2.28. The van der Waals surface area contributed by atoms with Gasteiger partial charge in [-0.2, -0.15) is 19.3 Å². The highest BCUT2D eigenvalue weighted by atomic mass is 32.2. The minimum atomic E-state index is -3.56. The van der Waals surface area contributed by atoms with Crippen LogP contribution < -0.4 is 0 Å². The van der Waals surface area contributed by atoms with E-state index in [-0.39, 0.29) is 16.8 Å². The van der Waals surface area contributed by atoms with Crippen LogP contribution in [-0.2, 0) is 10.0 Å². The molecule has 2 heterocycles. The van der Waals surface area contributed by atoms with Gasteiger partial charge in [0.1, 0.15) is 5.82 Å². The summed E-state index contributed by atoms with van der Waals surface area (Å²) in [5.74, 6) is -0.303. The van der Waals surface area contributed by atoms with Gasteiger partial charge in [0.2, 0.25) is 10.0 Å². The average Bonchev–Trinajstić information content (AvgIpc) is 3.34. The molecule has 26 heavy (non-hydrogen) atoms. The van der Waals surface area contributed by atoms with Gasteiger partial charge in [-0.3, -0.25) is 0 Å². The van der Waals surface area contributed by atoms with E-state index in [9.17, 15) is 12.8 Å². The zero-order valence-corrected chi connectivity index (χ0v) is 14.7. The number of hydrogen-bond donors (Lipinski definition) is 0. The van der Waals surface area contributed by atoms with Crippen molar-refractivity contribution in [2.24, 2.45) is 0 Å². The number of aromatic nitrogens is 3. The Balaban J connectivity index is 1.54. The standard InChI is InChI=1S/C18H17FN4O2S/c19-16-5-1-14(2-6-16)15-3-7-18(8-4-15)26(24,25)22-12-9-17(13-22)23-20-10-11-21-23/h1-8,10-11,17H,9,12-13H2. The van der Waals surface area contributed by atoms with Gasteiger partial charge in [-0.1, -0.05) is 24.3 Å². The average molecular weight is 372 g/mol. The van der Waals surface area contributed by atoms with Crippen LogP contribution in [0.15, 0.2) is 65.8 Å². The lowest BCUT2D eigenvalue weighted by molar-refractivity contribution is 0.402. The Hall–Kier alpha value is -2.58. The Morgan fingerprint density at radius 3 is 2.12 bits per heavy atom. The second-order valence-electron chi connectivity index (χ2n) is 6.19. The fraction of sp³-hybridized carbons (Fsp3) is 0.222. The first-order chi connectivity index (χ1) is 12.5. The maximum absolute atomic E-state index is 13.0. The molecule has 0 saturated carbocycles. The van der Waals surface area contributed by atoms with Crippen LogP contribution in [0.4, 0.5) is 4.39 Å². The van der Waals surface area contributed by atoms with Gasteiger partial charge < -0.3 is 0 Å². The molecule has 6 nitrogen and oxygen atoms in total. The van der Waals surface area contributed by atoms with Gasteiger partial charge in [0.05, 0.1) is 23.3 Å². The van der Waals surface area contributed by atoms with Crippen LogP contribution in [0, 0.1) is 5.82 Å². The highest BCUT2D eigenvalue weighted by Gasteiger charge is 2.34. The van der Waals surface area contributed by atoms with Crippen molar-refractivity contribution in [3.05, 3.63) is 66.7 Å². The molecule has 0 amide bonds. The van der Waals surface area contributed by atoms with Crippen molar-refractivity contribution >= 4 is 10.0 Å². The molecule has 1 atom stereocenters. The summed E-state index contributed by atoms with van der Waals surface area (Å²) in [5.41, 5.74) is 1.67. The van der Waals surface area contributed by atoms with E-state index < -0.39 is 10.0 Å². The molecule has 8 heteroatoms. The van der Waals surface area contributed by atoms with Crippen LogP contribution in [0.2, 0.25) is 0 Å². The molecule has 1 aliphatic rings. The lowest BCUT2D eigenvalue weighted by Crippen LogP contribution is -2.29. The smallest absolute Gasteiger partial charge is 0.207 e. The summed E-state index contributed by atoms with van der Waals surface area (Å²) in [4.78, 5) is 1.81. The van der Waals surface area contributed by atoms with Gasteiger partial charge in [0.25, 0.3) is 0 Å². The molecule has 134 valence electrons. The molecule has 0 aliphatic carbocycles. The van der Waals surface area contributed by atoms with Crippen molar-refractivity contribution in [3.63, 3.8) is 0 Å². The fourth-order valence-electron chi connectivity index (χ4n) is 3.14. The molecule has 3 aromatic rings. The minimum Gasteiger partial charge on any atom is -0.207 e. The summed E-state index contributed by atoms with van der Waals surface area (Å²) in [6, 6.07) is 12.7. The summed E-state index contributed by atoms with van der Waals surface area (Å²) in [6.07, 6.45) is 3.86. The summed E-state index contributed by atoms with van der Waals surface area (Å²) >= 11 is 0. The van der Waals surface area contributed by atoms with Gasteiger partial charge >= 0.3 is 0 Å². The van der Waals surface area contributed by atoms with Crippen LogP contribution in [0.3, 0.4) is 0 Å². The first-order valence-electron chi connectivity index (χ1n) is 8.26. The van der Waals surface area contributed by atoms with E-state index >= 15 is 0 Å². The monoisotopic (exact) mass is 372 g/mol. The van der Waals surface area contributed by atoms with Crippen molar-refractivity contribution in [1.29, 1.82) is 0 Å². The van der Waals surface area contributed by atoms with Gasteiger partial charge in [-0.15, -0.1) is 0 Å². The maximum Gasteiger partial charge on any atom is 0.243 e. The summed E-state index contributed by atoms with van der Waals surface area (Å²) in [7, 11) is -3.56. The molecule has 0 spiro atoms. The Morgan fingerprint density at radius 2 is 1.50 bits per heavy atom. The molecule has 1 aliphatic heterocycles. The highest BCUT2D eigenvalue weighted by molar-refractivity contribution is 7.89. The van der Waals surface area contributed by atoms with E-state index in [1.807, 2.05) is 0 Å². The van der Waals surface area contributed by atoms with Crippen LogP contribution in [0.1, 0.15) is 12.5 Å². The zero-order valence-electron chi connectivity index (χ0n) is 13.9. The molecule has 0 N–H and O–H groups in total. The number of rotatable bonds is 4. The van der Waals surface area contributed by atoms with E-state index in [4.69, 9.17) is 0 Å². The van der Waals surface area contributed by atoms with Crippen LogP contribution in [0.25, 0.3) is 11.1 Å². The molecule has 1 saturated heterocycles. The number of halogens is 1. The third kappa shape index (κ3) is 3.13. The maximum atomic E-state index is 13.0. The van der Waals surface area contributed by atoms with Crippen molar-refractivity contribution in [1.82, 2.24) is 19.3 Å². The van der Waals surface area contributed by atoms with E-state index in [0.717, 1.165) is 11.1 Å². The molecule has 1 aromatic heterocycles. The van der Waals surface area contributed by atoms with Gasteiger partial charge in [0, 0.05) is 13.1 Å². The second kappa shape index (κ2) is 6.62. The Kier molecular flexibility index (Phi) is 4.29. The molecular weight excluding hydrogens is 355 g/mol. The molecule has 2 aromatic carbocycles. The van der Waals surface area contributed by atoms with Crippen molar-refractivity contribution < 1.29 is 12.8 Å². The predicted octanol–water partition coefficient (Wildman–Crippen LogP) is 2.72. The molecule has 0 radical (unpaired) electrons. The van der Waals surface area contributed by atoms with Crippen molar-refractivity contribution in [2.75, 3.05) is 13.1 Å². The molecule has 0 bridgehead atoms. The van der Waals surface area contributed by atoms with Crippen LogP contribution in [-0.4, -0.2) is 40.8 Å². The van der Waals surface area contributed by atoms with Gasteiger partial charge in [-0.05, 0) is 41.8 Å². The first-order valence-corrected chi connectivity index (χ1v) is 9.70. The minimum absolute atomic E-state index is 0.0433. The quantitative estimate of drug-likeness (QED) is 0.706. The topological polar surface area (TPSA) is 68.1 Å². The van der Waals surface area contributed by atoms with Gasteiger partial charge in [-0.25, -0.2) is 12.8 Å². The van der Waals surface area contributed by atoms with Crippen LogP contribution >= 0.6 is 0 Å². The lowest BCUT2D eigenvalue weighted by Gasteiger charge is -2.16. The Labute approximate surface area is 150 Å². The molecule has 4 rings (SSSR count). The van der Waals surface area contributed by atoms with Crippen molar-refractivity contribution in [3.8, 4) is 11.1 Å². The fourth-order valence-corrected chi connectivity index (χ4v) is 4.64. The van der Waals surface area contributed by atoms with Crippen molar-refractivity contribution in [2.45, 2.75) is 17.4 Å². The number of hydrogen-bond acceptors (Lipinski definition) is 4. The third-order valence-electron chi connectivity index (χ3n) is 4.56. The number of sulfonamides is 1. The Bertz CT molecular complexity index is 987. The number of nitrogens with zero attached hydrogens (tertiary/aromatic N) is 4. The molecular formula is C18H17FN4O2S. The third-order valence-corrected chi connectivity index (χ3v) is 6.44. The Morgan fingerprint density at radius 1 is 0.923 bits per heavy atom. The molecule has 1 fully saturated rings. The summed E-state index contributed by atoms with van der Waals surface area (Å²) in [5, 5.41) is 8.19. The van der Waals surface area contributed by atoms with E-state index in [1.54, 1.807) is 53.6 Å². The van der Waals surface area contributed by atoms with E-state index in [0.29, 0.717) is 19.5 Å². The molecule has 1 unspecified atom stereocenters. The van der Waals surface area contributed by atoms with Gasteiger partial charge in [0.15, 0.2) is 0 Å². The normalized spacial score (nSPS) is 18.3. The van der Waals surface area contributed by atoms with Crippen LogP contribution in [0.5, 0.6) is 0 Å². The first kappa shape index (κ1) is 16.9.